The van der Waals surface area contributed by atoms with E-state index in [0.29, 0.717) is 12.4 Å². The summed E-state index contributed by atoms with van der Waals surface area (Å²) in [6.45, 7) is 0.350. The van der Waals surface area contributed by atoms with Crippen LogP contribution in [0.2, 0.25) is 0 Å². The molecule has 0 heterocycles. The van der Waals surface area contributed by atoms with Gasteiger partial charge in [0.15, 0.2) is 0 Å². The molecule has 2 aromatic rings. The number of hydrogen-bond acceptors (Lipinski definition) is 2. The Balaban J connectivity index is 2.01. The van der Waals surface area contributed by atoms with Crippen molar-refractivity contribution in [2.45, 2.75) is 6.61 Å². The SMILES string of the molecule is NC(=O)/C=C/c1cccc(OCc2ccc(F)cc2)c1. The molecule has 0 aliphatic carbocycles. The number of carbonyl (C=O) groups is 1. The number of rotatable bonds is 5. The minimum absolute atomic E-state index is 0.271. The van der Waals surface area contributed by atoms with Gasteiger partial charge in [-0.05, 0) is 41.5 Å². The Kier molecular flexibility index (Phi) is 4.50. The zero-order chi connectivity index (χ0) is 14.4. The average Bonchev–Trinajstić information content (AvgIpc) is 2.45. The Bertz CT molecular complexity index is 621. The lowest BCUT2D eigenvalue weighted by molar-refractivity contribution is -0.113. The van der Waals surface area contributed by atoms with Gasteiger partial charge >= 0.3 is 0 Å². The van der Waals surface area contributed by atoms with Crippen molar-refractivity contribution in [3.05, 3.63) is 71.6 Å². The first-order chi connectivity index (χ1) is 9.63. The van der Waals surface area contributed by atoms with Gasteiger partial charge in [-0.2, -0.15) is 0 Å². The van der Waals surface area contributed by atoms with E-state index in [1.54, 1.807) is 24.3 Å². The quantitative estimate of drug-likeness (QED) is 0.850. The molecule has 0 aliphatic rings. The molecule has 3 nitrogen and oxygen atoms in total. The van der Waals surface area contributed by atoms with Gasteiger partial charge in [-0.25, -0.2) is 4.39 Å². The van der Waals surface area contributed by atoms with Gasteiger partial charge < -0.3 is 10.5 Å². The largest absolute Gasteiger partial charge is 0.489 e. The monoisotopic (exact) mass is 271 g/mol. The van der Waals surface area contributed by atoms with Crippen LogP contribution in [-0.4, -0.2) is 5.91 Å². The second kappa shape index (κ2) is 6.52. The van der Waals surface area contributed by atoms with Gasteiger partial charge in [0.2, 0.25) is 5.91 Å². The number of benzene rings is 2. The highest BCUT2D eigenvalue weighted by Crippen LogP contribution is 2.16. The van der Waals surface area contributed by atoms with E-state index in [-0.39, 0.29) is 5.82 Å². The van der Waals surface area contributed by atoms with Crippen LogP contribution < -0.4 is 10.5 Å². The van der Waals surface area contributed by atoms with Crippen LogP contribution in [0.1, 0.15) is 11.1 Å². The second-order valence-corrected chi connectivity index (χ2v) is 4.22. The van der Waals surface area contributed by atoms with Crippen LogP contribution in [0.5, 0.6) is 5.75 Å². The summed E-state index contributed by atoms with van der Waals surface area (Å²) in [6, 6.07) is 13.4. The fraction of sp³-hybridized carbons (Fsp3) is 0.0625. The van der Waals surface area contributed by atoms with Crippen molar-refractivity contribution in [1.29, 1.82) is 0 Å². The fourth-order valence-electron chi connectivity index (χ4n) is 1.63. The minimum atomic E-state index is -0.498. The van der Waals surface area contributed by atoms with Crippen LogP contribution in [0.4, 0.5) is 4.39 Å². The topological polar surface area (TPSA) is 52.3 Å². The fourth-order valence-corrected chi connectivity index (χ4v) is 1.63. The molecular formula is C16H14FNO2. The van der Waals surface area contributed by atoms with Crippen LogP contribution in [0.25, 0.3) is 6.08 Å². The van der Waals surface area contributed by atoms with E-state index in [4.69, 9.17) is 10.5 Å². The first-order valence-electron chi connectivity index (χ1n) is 6.08. The Morgan fingerprint density at radius 2 is 1.95 bits per heavy atom. The maximum atomic E-state index is 12.8. The molecule has 1 amide bonds. The first kappa shape index (κ1) is 13.8. The number of halogens is 1. The predicted octanol–water partition coefficient (Wildman–Crippen LogP) is 2.90. The van der Waals surface area contributed by atoms with E-state index in [9.17, 15) is 9.18 Å². The van der Waals surface area contributed by atoms with Crippen LogP contribution in [0.3, 0.4) is 0 Å². The van der Waals surface area contributed by atoms with Crippen molar-refractivity contribution in [1.82, 2.24) is 0 Å². The third-order valence-corrected chi connectivity index (χ3v) is 2.62. The van der Waals surface area contributed by atoms with Gasteiger partial charge in [0.25, 0.3) is 0 Å². The third kappa shape index (κ3) is 4.24. The number of carbonyl (C=O) groups excluding carboxylic acids is 1. The summed E-state index contributed by atoms with van der Waals surface area (Å²) in [4.78, 5) is 10.7. The number of ether oxygens (including phenoxy) is 1. The molecule has 0 saturated heterocycles. The molecule has 0 fully saturated rings. The zero-order valence-electron chi connectivity index (χ0n) is 10.8. The number of primary amides is 1. The van der Waals surface area contributed by atoms with E-state index in [1.807, 2.05) is 18.2 Å². The molecule has 2 aromatic carbocycles. The Hall–Kier alpha value is -2.62. The van der Waals surface area contributed by atoms with Crippen LogP contribution >= 0.6 is 0 Å². The molecule has 20 heavy (non-hydrogen) atoms. The Labute approximate surface area is 116 Å². The molecule has 0 aliphatic heterocycles. The van der Waals surface area contributed by atoms with Crippen LogP contribution in [-0.2, 0) is 11.4 Å². The molecule has 0 unspecified atom stereocenters. The molecule has 0 radical (unpaired) electrons. The summed E-state index contributed by atoms with van der Waals surface area (Å²) in [5.74, 6) is -0.101. The molecule has 0 atom stereocenters. The zero-order valence-corrected chi connectivity index (χ0v) is 10.8. The summed E-state index contributed by atoms with van der Waals surface area (Å²) in [6.07, 6.45) is 2.91. The lowest BCUT2D eigenvalue weighted by atomic mass is 10.2. The predicted molar refractivity (Wildman–Crippen MR) is 75.4 cm³/mol. The van der Waals surface area contributed by atoms with E-state index in [2.05, 4.69) is 0 Å². The summed E-state index contributed by atoms with van der Waals surface area (Å²) >= 11 is 0. The van der Waals surface area contributed by atoms with Gasteiger partial charge in [0.1, 0.15) is 18.2 Å². The van der Waals surface area contributed by atoms with Gasteiger partial charge in [-0.3, -0.25) is 4.79 Å². The van der Waals surface area contributed by atoms with E-state index >= 15 is 0 Å². The average molecular weight is 271 g/mol. The number of nitrogens with two attached hydrogens (primary N) is 1. The summed E-state index contributed by atoms with van der Waals surface area (Å²) in [5.41, 5.74) is 6.74. The molecular weight excluding hydrogens is 257 g/mol. The van der Waals surface area contributed by atoms with Gasteiger partial charge in [0.05, 0.1) is 0 Å². The third-order valence-electron chi connectivity index (χ3n) is 2.62. The minimum Gasteiger partial charge on any atom is -0.489 e. The van der Waals surface area contributed by atoms with E-state index in [0.717, 1.165) is 11.1 Å². The number of amides is 1. The molecule has 102 valence electrons. The van der Waals surface area contributed by atoms with Crippen molar-refractivity contribution in [3.8, 4) is 5.75 Å². The molecule has 2 N–H and O–H groups in total. The van der Waals surface area contributed by atoms with Crippen molar-refractivity contribution < 1.29 is 13.9 Å². The molecule has 4 heteroatoms. The van der Waals surface area contributed by atoms with Crippen molar-refractivity contribution in [2.24, 2.45) is 5.73 Å². The number of hydrogen-bond donors (Lipinski definition) is 1. The molecule has 0 bridgehead atoms. The summed E-state index contributed by atoms with van der Waals surface area (Å²) < 4.78 is 18.4. The smallest absolute Gasteiger partial charge is 0.241 e. The lowest BCUT2D eigenvalue weighted by Gasteiger charge is -2.07. The second-order valence-electron chi connectivity index (χ2n) is 4.22. The van der Waals surface area contributed by atoms with Crippen LogP contribution in [0, 0.1) is 5.82 Å². The highest BCUT2D eigenvalue weighted by atomic mass is 19.1. The van der Waals surface area contributed by atoms with Gasteiger partial charge in [-0.15, -0.1) is 0 Å². The molecule has 0 saturated carbocycles. The standard InChI is InChI=1S/C16H14FNO2/c17-14-7-4-13(5-8-14)11-20-15-3-1-2-12(10-15)6-9-16(18)19/h1-10H,11H2,(H2,18,19)/b9-6+. The highest BCUT2D eigenvalue weighted by molar-refractivity contribution is 5.90. The molecule has 0 aromatic heterocycles. The van der Waals surface area contributed by atoms with Crippen molar-refractivity contribution >= 4 is 12.0 Å². The van der Waals surface area contributed by atoms with Crippen molar-refractivity contribution in [2.75, 3.05) is 0 Å². The highest BCUT2D eigenvalue weighted by Gasteiger charge is 1.98. The Morgan fingerprint density at radius 3 is 2.65 bits per heavy atom. The van der Waals surface area contributed by atoms with Gasteiger partial charge in [-0.1, -0.05) is 24.3 Å². The maximum absolute atomic E-state index is 12.8. The van der Waals surface area contributed by atoms with Crippen LogP contribution in [0.15, 0.2) is 54.6 Å². The van der Waals surface area contributed by atoms with Crippen molar-refractivity contribution in [3.63, 3.8) is 0 Å². The summed E-state index contributed by atoms with van der Waals surface area (Å²) in [7, 11) is 0. The normalized spacial score (nSPS) is 10.7. The lowest BCUT2D eigenvalue weighted by Crippen LogP contribution is -2.05. The summed E-state index contributed by atoms with van der Waals surface area (Å²) in [5, 5.41) is 0. The Morgan fingerprint density at radius 1 is 1.20 bits per heavy atom. The van der Waals surface area contributed by atoms with E-state index < -0.39 is 5.91 Å². The molecule has 2 rings (SSSR count). The molecule has 0 spiro atoms. The van der Waals surface area contributed by atoms with Gasteiger partial charge in [0, 0.05) is 6.08 Å². The first-order valence-corrected chi connectivity index (χ1v) is 6.08. The van der Waals surface area contributed by atoms with E-state index in [1.165, 1.54) is 18.2 Å². The maximum Gasteiger partial charge on any atom is 0.241 e.